The third kappa shape index (κ3) is 6.15. The van der Waals surface area contributed by atoms with Crippen LogP contribution < -0.4 is 9.62 Å². The van der Waals surface area contributed by atoms with E-state index >= 15 is 0 Å². The second kappa shape index (κ2) is 10.5. The molecule has 1 N–H and O–H groups in total. The van der Waals surface area contributed by atoms with Crippen LogP contribution in [-0.2, 0) is 16.8 Å². The smallest absolute Gasteiger partial charge is 0.279 e. The molecule has 1 heterocycles. The van der Waals surface area contributed by atoms with Crippen molar-refractivity contribution in [3.63, 3.8) is 0 Å². The quantitative estimate of drug-likeness (QED) is 0.592. The summed E-state index contributed by atoms with van der Waals surface area (Å²) in [7, 11) is -2.30. The molecule has 9 heteroatoms. The molecule has 30 heavy (non-hydrogen) atoms. The fourth-order valence-electron chi connectivity index (χ4n) is 3.47. The number of halogens is 2. The summed E-state index contributed by atoms with van der Waals surface area (Å²) in [6, 6.07) is 14.7. The van der Waals surface area contributed by atoms with E-state index < -0.39 is 16.0 Å². The molecule has 0 atom stereocenters. The number of nitrogens with zero attached hydrogens (tertiary/aromatic N) is 3. The zero-order chi connectivity index (χ0) is 21.6. The lowest BCUT2D eigenvalue weighted by molar-refractivity contribution is 0.255. The maximum absolute atomic E-state index is 13.9. The zero-order valence-electron chi connectivity index (χ0n) is 17.1. The van der Waals surface area contributed by atoms with E-state index in [2.05, 4.69) is 26.7 Å². The Hall–Kier alpha value is -1.71. The molecule has 0 amide bonds. The van der Waals surface area contributed by atoms with Crippen molar-refractivity contribution < 1.29 is 12.8 Å². The first-order valence-electron chi connectivity index (χ1n) is 10.0. The summed E-state index contributed by atoms with van der Waals surface area (Å²) < 4.78 is 42.5. The van der Waals surface area contributed by atoms with Crippen molar-refractivity contribution in [3.8, 4) is 0 Å². The third-order valence-electron chi connectivity index (χ3n) is 5.28. The SMILES string of the molecule is CN(Cc1c(F)cccc1Cl)S(=O)(=O)NCCCN1CCN(c2ccccc2)CC1. The van der Waals surface area contributed by atoms with Crippen LogP contribution in [0.25, 0.3) is 0 Å². The molecule has 2 aromatic rings. The van der Waals surface area contributed by atoms with Crippen molar-refractivity contribution in [3.05, 3.63) is 64.9 Å². The van der Waals surface area contributed by atoms with Gasteiger partial charge < -0.3 is 4.90 Å². The van der Waals surface area contributed by atoms with Gasteiger partial charge in [-0.1, -0.05) is 35.9 Å². The van der Waals surface area contributed by atoms with Crippen LogP contribution in [0, 0.1) is 5.82 Å². The van der Waals surface area contributed by atoms with Gasteiger partial charge in [0.15, 0.2) is 0 Å². The van der Waals surface area contributed by atoms with E-state index in [-0.39, 0.29) is 17.1 Å². The van der Waals surface area contributed by atoms with E-state index in [1.54, 1.807) is 6.07 Å². The van der Waals surface area contributed by atoms with Crippen LogP contribution in [0.15, 0.2) is 48.5 Å². The molecule has 2 aromatic carbocycles. The van der Waals surface area contributed by atoms with E-state index in [1.165, 1.54) is 24.9 Å². The van der Waals surface area contributed by atoms with Gasteiger partial charge in [0.25, 0.3) is 10.2 Å². The van der Waals surface area contributed by atoms with Crippen molar-refractivity contribution in [1.82, 2.24) is 13.9 Å². The number of benzene rings is 2. The summed E-state index contributed by atoms with van der Waals surface area (Å²) >= 11 is 6.00. The Bertz CT molecular complexity index is 902. The highest BCUT2D eigenvalue weighted by molar-refractivity contribution is 7.87. The van der Waals surface area contributed by atoms with Crippen molar-refractivity contribution in [2.45, 2.75) is 13.0 Å². The maximum atomic E-state index is 13.9. The van der Waals surface area contributed by atoms with Gasteiger partial charge in [-0.25, -0.2) is 9.11 Å². The fraction of sp³-hybridized carbons (Fsp3) is 0.429. The topological polar surface area (TPSA) is 55.9 Å². The van der Waals surface area contributed by atoms with Gasteiger partial charge in [0.2, 0.25) is 0 Å². The maximum Gasteiger partial charge on any atom is 0.279 e. The number of para-hydroxylation sites is 1. The van der Waals surface area contributed by atoms with E-state index in [4.69, 9.17) is 11.6 Å². The molecule has 0 bridgehead atoms. The molecule has 1 saturated heterocycles. The highest BCUT2D eigenvalue weighted by atomic mass is 35.5. The number of rotatable bonds is 9. The Morgan fingerprint density at radius 2 is 1.77 bits per heavy atom. The summed E-state index contributed by atoms with van der Waals surface area (Å²) in [5.41, 5.74) is 1.41. The van der Waals surface area contributed by atoms with E-state index in [9.17, 15) is 12.8 Å². The molecule has 164 valence electrons. The monoisotopic (exact) mass is 454 g/mol. The number of anilines is 1. The van der Waals surface area contributed by atoms with E-state index in [0.29, 0.717) is 13.0 Å². The number of hydrogen-bond acceptors (Lipinski definition) is 4. The molecule has 0 aliphatic carbocycles. The van der Waals surface area contributed by atoms with Crippen molar-refractivity contribution >= 4 is 27.5 Å². The van der Waals surface area contributed by atoms with Crippen LogP contribution in [0.3, 0.4) is 0 Å². The van der Waals surface area contributed by atoms with E-state index in [1.807, 2.05) is 18.2 Å². The highest BCUT2D eigenvalue weighted by Crippen LogP contribution is 2.21. The first-order chi connectivity index (χ1) is 14.4. The highest BCUT2D eigenvalue weighted by Gasteiger charge is 2.21. The molecular formula is C21H28ClFN4O2S. The van der Waals surface area contributed by atoms with Gasteiger partial charge in [-0.2, -0.15) is 12.7 Å². The van der Waals surface area contributed by atoms with Crippen LogP contribution in [0.5, 0.6) is 0 Å². The Balaban J connectivity index is 1.39. The first kappa shape index (κ1) is 23.0. The summed E-state index contributed by atoms with van der Waals surface area (Å²) in [6.45, 7) is 4.86. The van der Waals surface area contributed by atoms with Gasteiger partial charge in [0.1, 0.15) is 5.82 Å². The van der Waals surface area contributed by atoms with E-state index in [0.717, 1.165) is 37.0 Å². The Morgan fingerprint density at radius 1 is 1.07 bits per heavy atom. The molecular weight excluding hydrogens is 427 g/mol. The fourth-order valence-corrected chi connectivity index (χ4v) is 4.62. The number of piperazine rings is 1. The van der Waals surface area contributed by atoms with Gasteiger partial charge in [-0.15, -0.1) is 0 Å². The largest absolute Gasteiger partial charge is 0.369 e. The Labute approximate surface area is 183 Å². The van der Waals surface area contributed by atoms with Crippen LogP contribution >= 0.6 is 11.6 Å². The predicted octanol–water partition coefficient (Wildman–Crippen LogP) is 2.96. The summed E-state index contributed by atoms with van der Waals surface area (Å²) in [5.74, 6) is -0.515. The third-order valence-corrected chi connectivity index (χ3v) is 7.15. The average molecular weight is 455 g/mol. The lowest BCUT2D eigenvalue weighted by atomic mass is 10.2. The summed E-state index contributed by atoms with van der Waals surface area (Å²) in [6.07, 6.45) is 0.707. The molecule has 0 spiro atoms. The van der Waals surface area contributed by atoms with Gasteiger partial charge in [0, 0.05) is 62.6 Å². The van der Waals surface area contributed by atoms with Crippen molar-refractivity contribution in [1.29, 1.82) is 0 Å². The zero-order valence-corrected chi connectivity index (χ0v) is 18.7. The van der Waals surface area contributed by atoms with Crippen molar-refractivity contribution in [2.75, 3.05) is 51.2 Å². The van der Waals surface area contributed by atoms with Gasteiger partial charge in [-0.3, -0.25) is 4.90 Å². The molecule has 1 aliphatic rings. The minimum Gasteiger partial charge on any atom is -0.369 e. The molecule has 6 nitrogen and oxygen atoms in total. The lowest BCUT2D eigenvalue weighted by Crippen LogP contribution is -2.47. The predicted molar refractivity (Wildman–Crippen MR) is 120 cm³/mol. The lowest BCUT2D eigenvalue weighted by Gasteiger charge is -2.36. The van der Waals surface area contributed by atoms with Gasteiger partial charge in [0.05, 0.1) is 0 Å². The molecule has 0 radical (unpaired) electrons. The molecule has 3 rings (SSSR count). The first-order valence-corrected chi connectivity index (χ1v) is 11.8. The minimum absolute atomic E-state index is 0.123. The number of nitrogens with one attached hydrogen (secondary N) is 1. The second-order valence-corrected chi connectivity index (χ2v) is 9.64. The van der Waals surface area contributed by atoms with Crippen LogP contribution in [-0.4, -0.2) is 63.9 Å². The van der Waals surface area contributed by atoms with Crippen LogP contribution in [0.1, 0.15) is 12.0 Å². The van der Waals surface area contributed by atoms with Gasteiger partial charge >= 0.3 is 0 Å². The standard InChI is InChI=1S/C21H28ClFN4O2S/c1-25(17-19-20(22)9-5-10-21(19)23)30(28,29)24-11-6-12-26-13-15-27(16-14-26)18-7-3-2-4-8-18/h2-5,7-10,24H,6,11-17H2,1H3. The molecule has 1 fully saturated rings. The molecule has 0 aromatic heterocycles. The minimum atomic E-state index is -3.71. The molecule has 0 saturated carbocycles. The average Bonchev–Trinajstić information content (AvgIpc) is 2.75. The Kier molecular flexibility index (Phi) is 8.07. The number of hydrogen-bond donors (Lipinski definition) is 1. The second-order valence-electron chi connectivity index (χ2n) is 7.37. The van der Waals surface area contributed by atoms with Gasteiger partial charge in [-0.05, 0) is 37.2 Å². The van der Waals surface area contributed by atoms with Crippen LogP contribution in [0.2, 0.25) is 5.02 Å². The Morgan fingerprint density at radius 3 is 2.43 bits per heavy atom. The normalized spacial score (nSPS) is 15.7. The van der Waals surface area contributed by atoms with Crippen LogP contribution in [0.4, 0.5) is 10.1 Å². The summed E-state index contributed by atoms with van der Waals surface area (Å²) in [5, 5.41) is 0.215. The molecule has 0 unspecified atom stereocenters. The van der Waals surface area contributed by atoms with Crippen molar-refractivity contribution in [2.24, 2.45) is 0 Å². The molecule has 1 aliphatic heterocycles. The summed E-state index contributed by atoms with van der Waals surface area (Å²) in [4.78, 5) is 4.71.